The maximum absolute atomic E-state index is 10.0. The highest BCUT2D eigenvalue weighted by Gasteiger charge is 2.33. The Bertz CT molecular complexity index is 409. The van der Waals surface area contributed by atoms with Crippen molar-refractivity contribution in [1.82, 2.24) is 15.1 Å². The van der Waals surface area contributed by atoms with Crippen molar-refractivity contribution in [2.45, 2.75) is 25.4 Å². The Labute approximate surface area is 128 Å². The zero-order valence-electron chi connectivity index (χ0n) is 13.5. The third-order valence-electron chi connectivity index (χ3n) is 4.71. The zero-order valence-corrected chi connectivity index (χ0v) is 13.5. The minimum Gasteiger partial charge on any atom is -0.394 e. The Morgan fingerprint density at radius 2 is 1.76 bits per heavy atom. The van der Waals surface area contributed by atoms with Gasteiger partial charge in [-0.15, -0.1) is 0 Å². The van der Waals surface area contributed by atoms with Crippen molar-refractivity contribution in [2.75, 3.05) is 46.4 Å². The van der Waals surface area contributed by atoms with E-state index in [1.54, 1.807) is 0 Å². The molecule has 0 saturated carbocycles. The predicted molar refractivity (Wildman–Crippen MR) is 87.4 cm³/mol. The van der Waals surface area contributed by atoms with E-state index in [-0.39, 0.29) is 12.1 Å². The fourth-order valence-corrected chi connectivity index (χ4v) is 3.11. The summed E-state index contributed by atoms with van der Waals surface area (Å²) in [5, 5.41) is 13.4. The van der Waals surface area contributed by atoms with Gasteiger partial charge in [0.15, 0.2) is 0 Å². The van der Waals surface area contributed by atoms with Crippen molar-refractivity contribution in [2.24, 2.45) is 0 Å². The Balaban J connectivity index is 2.04. The molecule has 1 fully saturated rings. The smallest absolute Gasteiger partial charge is 0.0795 e. The minimum atomic E-state index is -0.374. The Morgan fingerprint density at radius 3 is 2.24 bits per heavy atom. The molecule has 1 aromatic rings. The van der Waals surface area contributed by atoms with Crippen molar-refractivity contribution in [3.63, 3.8) is 0 Å². The van der Waals surface area contributed by atoms with Gasteiger partial charge in [0.2, 0.25) is 0 Å². The SMILES string of the molecule is CNC(CO)(CN1CCN(C(C)C)CC1)c1ccccc1. The third kappa shape index (κ3) is 3.83. The first kappa shape index (κ1) is 16.4. The van der Waals surface area contributed by atoms with Crippen molar-refractivity contribution >= 4 is 0 Å². The summed E-state index contributed by atoms with van der Waals surface area (Å²) in [5.74, 6) is 0. The lowest BCUT2D eigenvalue weighted by molar-refractivity contribution is 0.0627. The minimum absolute atomic E-state index is 0.109. The molecule has 2 N–H and O–H groups in total. The molecule has 0 spiro atoms. The first-order chi connectivity index (χ1) is 10.1. The molecule has 0 aliphatic carbocycles. The van der Waals surface area contributed by atoms with Crippen molar-refractivity contribution in [3.05, 3.63) is 35.9 Å². The number of aliphatic hydroxyl groups excluding tert-OH is 1. The Kier molecular flexibility index (Phi) is 5.76. The normalized spacial score (nSPS) is 20.6. The summed E-state index contributed by atoms with van der Waals surface area (Å²) in [6, 6.07) is 10.9. The second-order valence-corrected chi connectivity index (χ2v) is 6.26. The molecule has 118 valence electrons. The fourth-order valence-electron chi connectivity index (χ4n) is 3.11. The first-order valence-corrected chi connectivity index (χ1v) is 7.93. The van der Waals surface area contributed by atoms with E-state index in [9.17, 15) is 5.11 Å². The van der Waals surface area contributed by atoms with Crippen LogP contribution in [0.2, 0.25) is 0 Å². The molecule has 4 nitrogen and oxygen atoms in total. The van der Waals surface area contributed by atoms with Crippen LogP contribution in [0, 0.1) is 0 Å². The molecule has 21 heavy (non-hydrogen) atoms. The Hall–Kier alpha value is -0.940. The molecule has 1 aliphatic rings. The van der Waals surface area contributed by atoms with E-state index in [0.717, 1.165) is 38.3 Å². The van der Waals surface area contributed by atoms with E-state index in [2.05, 4.69) is 41.1 Å². The molecule has 1 saturated heterocycles. The molecule has 0 amide bonds. The number of benzene rings is 1. The quantitative estimate of drug-likeness (QED) is 0.824. The van der Waals surface area contributed by atoms with Crippen LogP contribution in [-0.2, 0) is 5.54 Å². The van der Waals surface area contributed by atoms with Crippen molar-refractivity contribution in [1.29, 1.82) is 0 Å². The summed E-state index contributed by atoms with van der Waals surface area (Å²) in [7, 11) is 1.94. The van der Waals surface area contributed by atoms with Crippen molar-refractivity contribution in [3.8, 4) is 0 Å². The summed E-state index contributed by atoms with van der Waals surface area (Å²) in [4.78, 5) is 4.97. The molecular formula is C17H29N3O. The molecule has 1 unspecified atom stereocenters. The standard InChI is InChI=1S/C17H29N3O/c1-15(2)20-11-9-19(10-12-20)13-17(14-21,18-3)16-7-5-4-6-8-16/h4-8,15,18,21H,9-14H2,1-3H3. The highest BCUT2D eigenvalue weighted by Crippen LogP contribution is 2.22. The lowest BCUT2D eigenvalue weighted by atomic mass is 9.90. The number of rotatable bonds is 6. The predicted octanol–water partition coefficient (Wildman–Crippen LogP) is 1.12. The van der Waals surface area contributed by atoms with E-state index in [1.807, 2.05) is 25.2 Å². The molecule has 1 aromatic carbocycles. The molecule has 0 bridgehead atoms. The van der Waals surface area contributed by atoms with E-state index in [0.29, 0.717) is 6.04 Å². The zero-order chi connectivity index (χ0) is 15.3. The van der Waals surface area contributed by atoms with Gasteiger partial charge < -0.3 is 10.4 Å². The molecule has 1 heterocycles. The van der Waals surface area contributed by atoms with Gasteiger partial charge in [-0.1, -0.05) is 30.3 Å². The van der Waals surface area contributed by atoms with Gasteiger partial charge in [-0.05, 0) is 26.5 Å². The van der Waals surface area contributed by atoms with Crippen molar-refractivity contribution < 1.29 is 5.11 Å². The number of hydrogen-bond acceptors (Lipinski definition) is 4. The average Bonchev–Trinajstić information content (AvgIpc) is 2.54. The van der Waals surface area contributed by atoms with Crippen LogP contribution in [0.4, 0.5) is 0 Å². The van der Waals surface area contributed by atoms with Gasteiger partial charge in [0, 0.05) is 38.8 Å². The largest absolute Gasteiger partial charge is 0.394 e. The maximum atomic E-state index is 10.0. The van der Waals surface area contributed by atoms with Crippen LogP contribution in [0.5, 0.6) is 0 Å². The summed E-state index contributed by atoms with van der Waals surface area (Å²) >= 11 is 0. The lowest BCUT2D eigenvalue weighted by Crippen LogP contribution is -2.57. The van der Waals surface area contributed by atoms with Crippen LogP contribution in [0.15, 0.2) is 30.3 Å². The maximum Gasteiger partial charge on any atom is 0.0795 e. The number of nitrogens with one attached hydrogen (secondary N) is 1. The Morgan fingerprint density at radius 1 is 1.14 bits per heavy atom. The van der Waals surface area contributed by atoms with Crippen LogP contribution in [0.25, 0.3) is 0 Å². The van der Waals surface area contributed by atoms with Crippen LogP contribution in [0.1, 0.15) is 19.4 Å². The molecule has 0 aromatic heterocycles. The highest BCUT2D eigenvalue weighted by molar-refractivity contribution is 5.25. The fraction of sp³-hybridized carbons (Fsp3) is 0.647. The van der Waals surface area contributed by atoms with E-state index >= 15 is 0 Å². The van der Waals surface area contributed by atoms with Gasteiger partial charge in [0.25, 0.3) is 0 Å². The lowest BCUT2D eigenvalue weighted by Gasteiger charge is -2.42. The molecular weight excluding hydrogens is 262 g/mol. The summed E-state index contributed by atoms with van der Waals surface area (Å²) in [6.07, 6.45) is 0. The average molecular weight is 291 g/mol. The summed E-state index contributed by atoms with van der Waals surface area (Å²) in [6.45, 7) is 9.81. The molecule has 0 radical (unpaired) electrons. The number of hydrogen-bond donors (Lipinski definition) is 2. The van der Waals surface area contributed by atoms with Gasteiger partial charge in [-0.25, -0.2) is 0 Å². The number of nitrogens with zero attached hydrogens (tertiary/aromatic N) is 2. The topological polar surface area (TPSA) is 38.7 Å². The van der Waals surface area contributed by atoms with Crippen LogP contribution in [-0.4, -0.2) is 67.3 Å². The van der Waals surface area contributed by atoms with Gasteiger partial charge >= 0.3 is 0 Å². The monoisotopic (exact) mass is 291 g/mol. The number of likely N-dealkylation sites (N-methyl/N-ethyl adjacent to an activating group) is 1. The third-order valence-corrected chi connectivity index (χ3v) is 4.71. The second-order valence-electron chi connectivity index (χ2n) is 6.26. The van der Waals surface area contributed by atoms with Crippen LogP contribution >= 0.6 is 0 Å². The molecule has 1 atom stereocenters. The molecule has 2 rings (SSSR count). The van der Waals surface area contributed by atoms with Gasteiger partial charge in [-0.2, -0.15) is 0 Å². The summed E-state index contributed by atoms with van der Waals surface area (Å²) in [5.41, 5.74) is 0.780. The van der Waals surface area contributed by atoms with E-state index < -0.39 is 0 Å². The first-order valence-electron chi connectivity index (χ1n) is 7.93. The van der Waals surface area contributed by atoms with E-state index in [4.69, 9.17) is 0 Å². The highest BCUT2D eigenvalue weighted by atomic mass is 16.3. The van der Waals surface area contributed by atoms with Crippen LogP contribution < -0.4 is 5.32 Å². The van der Waals surface area contributed by atoms with E-state index in [1.165, 1.54) is 0 Å². The van der Waals surface area contributed by atoms with Crippen LogP contribution in [0.3, 0.4) is 0 Å². The summed E-state index contributed by atoms with van der Waals surface area (Å²) < 4.78 is 0. The number of piperazine rings is 1. The number of aliphatic hydroxyl groups is 1. The van der Waals surface area contributed by atoms with Gasteiger partial charge in [0.1, 0.15) is 0 Å². The van der Waals surface area contributed by atoms with Gasteiger partial charge in [0.05, 0.1) is 12.1 Å². The molecule has 1 aliphatic heterocycles. The van der Waals surface area contributed by atoms with Gasteiger partial charge in [-0.3, -0.25) is 9.80 Å². The second kappa shape index (κ2) is 7.36. The molecule has 4 heteroatoms.